The van der Waals surface area contributed by atoms with Crippen molar-refractivity contribution < 1.29 is 5.11 Å². The maximum absolute atomic E-state index is 10.5. The first kappa shape index (κ1) is 15.5. The molecule has 4 nitrogen and oxygen atoms in total. The third kappa shape index (κ3) is 3.81. The molecular formula is C16H29N3O. The molecular weight excluding hydrogens is 250 g/mol. The number of rotatable bonds is 6. The van der Waals surface area contributed by atoms with Gasteiger partial charge in [-0.25, -0.2) is 9.67 Å². The van der Waals surface area contributed by atoms with E-state index in [9.17, 15) is 5.11 Å². The molecule has 1 aliphatic carbocycles. The van der Waals surface area contributed by atoms with Crippen molar-refractivity contribution in [3.8, 4) is 0 Å². The first-order valence-electron chi connectivity index (χ1n) is 8.18. The molecule has 1 saturated carbocycles. The molecule has 1 heterocycles. The summed E-state index contributed by atoms with van der Waals surface area (Å²) in [4.78, 5) is 4.31. The fourth-order valence-electron chi connectivity index (χ4n) is 3.48. The first-order valence-corrected chi connectivity index (χ1v) is 8.18. The Balaban J connectivity index is 1.86. The lowest BCUT2D eigenvalue weighted by molar-refractivity contribution is 0.0701. The second kappa shape index (κ2) is 7.21. The zero-order valence-electron chi connectivity index (χ0n) is 13.1. The molecule has 0 saturated heterocycles. The maximum Gasteiger partial charge on any atom is 0.138 e. The summed E-state index contributed by atoms with van der Waals surface area (Å²) in [6.07, 6.45) is 9.52. The SMILES string of the molecule is CCCC1CCC(C(O)Cc2ncnn2C(C)C)CC1. The summed E-state index contributed by atoms with van der Waals surface area (Å²) in [5, 5.41) is 14.7. The van der Waals surface area contributed by atoms with Crippen LogP contribution in [0.4, 0.5) is 0 Å². The summed E-state index contributed by atoms with van der Waals surface area (Å²) in [5.74, 6) is 2.26. The molecule has 1 aromatic rings. The van der Waals surface area contributed by atoms with Gasteiger partial charge in [-0.3, -0.25) is 0 Å². The van der Waals surface area contributed by atoms with Crippen LogP contribution < -0.4 is 0 Å². The molecule has 1 aliphatic rings. The van der Waals surface area contributed by atoms with Crippen LogP contribution in [-0.4, -0.2) is 26.0 Å². The van der Waals surface area contributed by atoms with Crippen LogP contribution in [0.3, 0.4) is 0 Å². The Morgan fingerprint density at radius 3 is 2.60 bits per heavy atom. The van der Waals surface area contributed by atoms with Gasteiger partial charge in [0.25, 0.3) is 0 Å². The summed E-state index contributed by atoms with van der Waals surface area (Å²) < 4.78 is 1.92. The molecule has 4 heteroatoms. The predicted octanol–water partition coefficient (Wildman–Crippen LogP) is 3.37. The Morgan fingerprint density at radius 1 is 1.30 bits per heavy atom. The highest BCUT2D eigenvalue weighted by molar-refractivity contribution is 4.91. The van der Waals surface area contributed by atoms with Gasteiger partial charge in [0, 0.05) is 12.5 Å². The smallest absolute Gasteiger partial charge is 0.138 e. The number of hydrogen-bond donors (Lipinski definition) is 1. The molecule has 1 unspecified atom stereocenters. The molecule has 114 valence electrons. The number of aliphatic hydroxyl groups is 1. The van der Waals surface area contributed by atoms with Crippen LogP contribution in [0.2, 0.25) is 0 Å². The molecule has 0 aromatic carbocycles. The van der Waals surface area contributed by atoms with E-state index in [1.54, 1.807) is 6.33 Å². The van der Waals surface area contributed by atoms with Crippen LogP contribution in [0.25, 0.3) is 0 Å². The third-order valence-corrected chi connectivity index (χ3v) is 4.66. The normalized spacial score (nSPS) is 25.1. The monoisotopic (exact) mass is 279 g/mol. The minimum absolute atomic E-state index is 0.265. The Labute approximate surface area is 122 Å². The molecule has 0 spiro atoms. The van der Waals surface area contributed by atoms with Crippen molar-refractivity contribution in [1.29, 1.82) is 0 Å². The van der Waals surface area contributed by atoms with Gasteiger partial charge in [0.15, 0.2) is 0 Å². The zero-order valence-corrected chi connectivity index (χ0v) is 13.1. The predicted molar refractivity (Wildman–Crippen MR) is 80.5 cm³/mol. The van der Waals surface area contributed by atoms with Gasteiger partial charge in [-0.1, -0.05) is 32.6 Å². The Morgan fingerprint density at radius 2 is 2.00 bits per heavy atom. The van der Waals surface area contributed by atoms with E-state index in [0.29, 0.717) is 18.4 Å². The molecule has 1 aromatic heterocycles. The van der Waals surface area contributed by atoms with E-state index in [-0.39, 0.29) is 6.10 Å². The zero-order chi connectivity index (χ0) is 14.5. The molecule has 1 fully saturated rings. The van der Waals surface area contributed by atoms with Crippen molar-refractivity contribution in [2.75, 3.05) is 0 Å². The average Bonchev–Trinajstić information content (AvgIpc) is 2.88. The molecule has 0 radical (unpaired) electrons. The van der Waals surface area contributed by atoms with E-state index in [4.69, 9.17) is 0 Å². The minimum Gasteiger partial charge on any atom is -0.392 e. The van der Waals surface area contributed by atoms with Crippen molar-refractivity contribution in [3.05, 3.63) is 12.2 Å². The lowest BCUT2D eigenvalue weighted by Crippen LogP contribution is -2.28. The third-order valence-electron chi connectivity index (χ3n) is 4.66. The van der Waals surface area contributed by atoms with Gasteiger partial charge >= 0.3 is 0 Å². The van der Waals surface area contributed by atoms with Crippen LogP contribution >= 0.6 is 0 Å². The van der Waals surface area contributed by atoms with Crippen molar-refractivity contribution in [3.63, 3.8) is 0 Å². The fraction of sp³-hybridized carbons (Fsp3) is 0.875. The lowest BCUT2D eigenvalue weighted by Gasteiger charge is -2.31. The second-order valence-electron chi connectivity index (χ2n) is 6.56. The molecule has 20 heavy (non-hydrogen) atoms. The van der Waals surface area contributed by atoms with Gasteiger partial charge in [0.05, 0.1) is 6.10 Å². The quantitative estimate of drug-likeness (QED) is 0.868. The summed E-state index contributed by atoms with van der Waals surface area (Å²) in [7, 11) is 0. The fourth-order valence-corrected chi connectivity index (χ4v) is 3.48. The van der Waals surface area contributed by atoms with E-state index in [1.165, 1.54) is 38.5 Å². The molecule has 0 aliphatic heterocycles. The Hall–Kier alpha value is -0.900. The van der Waals surface area contributed by atoms with Crippen LogP contribution in [0.15, 0.2) is 6.33 Å². The highest BCUT2D eigenvalue weighted by atomic mass is 16.3. The topological polar surface area (TPSA) is 50.9 Å². The van der Waals surface area contributed by atoms with Crippen molar-refractivity contribution in [2.24, 2.45) is 11.8 Å². The molecule has 0 amide bonds. The van der Waals surface area contributed by atoms with E-state index >= 15 is 0 Å². The largest absolute Gasteiger partial charge is 0.392 e. The van der Waals surface area contributed by atoms with Gasteiger partial charge in [0.1, 0.15) is 12.2 Å². The van der Waals surface area contributed by atoms with Gasteiger partial charge in [-0.05, 0) is 38.5 Å². The van der Waals surface area contributed by atoms with E-state index < -0.39 is 0 Å². The van der Waals surface area contributed by atoms with Gasteiger partial charge < -0.3 is 5.11 Å². The van der Waals surface area contributed by atoms with Crippen LogP contribution in [-0.2, 0) is 6.42 Å². The van der Waals surface area contributed by atoms with Gasteiger partial charge in [0.2, 0.25) is 0 Å². The summed E-state index contributed by atoms with van der Waals surface area (Å²) in [6.45, 7) is 6.46. The summed E-state index contributed by atoms with van der Waals surface area (Å²) in [6, 6.07) is 0.306. The number of hydrogen-bond acceptors (Lipinski definition) is 3. The Kier molecular flexibility index (Phi) is 5.58. The summed E-state index contributed by atoms with van der Waals surface area (Å²) >= 11 is 0. The van der Waals surface area contributed by atoms with Crippen molar-refractivity contribution >= 4 is 0 Å². The van der Waals surface area contributed by atoms with Crippen molar-refractivity contribution in [1.82, 2.24) is 14.8 Å². The average molecular weight is 279 g/mol. The maximum atomic E-state index is 10.5. The molecule has 1 N–H and O–H groups in total. The van der Waals surface area contributed by atoms with E-state index in [2.05, 4.69) is 30.9 Å². The lowest BCUT2D eigenvalue weighted by atomic mass is 9.77. The number of nitrogens with zero attached hydrogens (tertiary/aromatic N) is 3. The number of aromatic nitrogens is 3. The standard InChI is InChI=1S/C16H29N3O/c1-4-5-13-6-8-14(9-7-13)15(20)10-16-17-11-18-19(16)12(2)3/h11-15,20H,4-10H2,1-3H3. The van der Waals surface area contributed by atoms with E-state index in [1.807, 2.05) is 4.68 Å². The molecule has 0 bridgehead atoms. The molecule has 1 atom stereocenters. The van der Waals surface area contributed by atoms with E-state index in [0.717, 1.165) is 11.7 Å². The van der Waals surface area contributed by atoms with Crippen LogP contribution in [0.5, 0.6) is 0 Å². The first-order chi connectivity index (χ1) is 9.61. The van der Waals surface area contributed by atoms with Gasteiger partial charge in [-0.15, -0.1) is 0 Å². The molecule has 2 rings (SSSR count). The Bertz CT molecular complexity index is 394. The second-order valence-corrected chi connectivity index (χ2v) is 6.56. The number of aliphatic hydroxyl groups excluding tert-OH is 1. The van der Waals surface area contributed by atoms with Crippen LogP contribution in [0.1, 0.15) is 71.2 Å². The minimum atomic E-state index is -0.265. The highest BCUT2D eigenvalue weighted by Gasteiger charge is 2.27. The van der Waals surface area contributed by atoms with Crippen LogP contribution in [0, 0.1) is 11.8 Å². The highest BCUT2D eigenvalue weighted by Crippen LogP contribution is 2.34. The summed E-state index contributed by atoms with van der Waals surface area (Å²) in [5.41, 5.74) is 0. The van der Waals surface area contributed by atoms with Gasteiger partial charge in [-0.2, -0.15) is 5.10 Å². The van der Waals surface area contributed by atoms with Crippen molar-refractivity contribution in [2.45, 2.75) is 77.9 Å².